The van der Waals surface area contributed by atoms with Crippen molar-refractivity contribution in [1.29, 1.82) is 0 Å². The molecular weight excluding hydrogens is 336 g/mol. The first-order valence-corrected chi connectivity index (χ1v) is 11.9. The summed E-state index contributed by atoms with van der Waals surface area (Å²) in [7, 11) is 0. The molecule has 5 fully saturated rings. The zero-order valence-electron chi connectivity index (χ0n) is 17.7. The van der Waals surface area contributed by atoms with Crippen molar-refractivity contribution in [1.82, 2.24) is 0 Å². The zero-order chi connectivity index (χ0) is 19.5. The van der Waals surface area contributed by atoms with E-state index in [0.717, 1.165) is 35.5 Å². The Kier molecular flexibility index (Phi) is 3.54. The summed E-state index contributed by atoms with van der Waals surface area (Å²) in [5, 5.41) is 0. The largest absolute Gasteiger partial charge is 0.0953 e. The van der Waals surface area contributed by atoms with Crippen LogP contribution in [-0.2, 0) is 0 Å². The molecule has 0 nitrogen and oxygen atoms in total. The Morgan fingerprint density at radius 3 is 1.68 bits per heavy atom. The summed E-state index contributed by atoms with van der Waals surface area (Å²) in [5.74, 6) is 8.77. The SMILES string of the molecule is C=C1C(=C)C2C3CCCC4C=CC4CC3C3C(=C)C(=C)C4C(C)C(C)C1C2C43. The molecule has 6 rings (SSSR count). The molecule has 0 radical (unpaired) electrons. The van der Waals surface area contributed by atoms with E-state index in [0.29, 0.717) is 35.5 Å². The van der Waals surface area contributed by atoms with Crippen molar-refractivity contribution in [2.75, 3.05) is 0 Å². The molecule has 0 aromatic heterocycles. The van der Waals surface area contributed by atoms with Crippen molar-refractivity contribution in [2.45, 2.75) is 39.5 Å². The van der Waals surface area contributed by atoms with E-state index in [1.807, 2.05) is 0 Å². The topological polar surface area (TPSA) is 0 Å². The lowest BCUT2D eigenvalue weighted by Gasteiger charge is -2.56. The standard InChI is InChI=1S/C28H36/c1-13-14(2)24-16(4)18(6)26-22-12-20-11-10-19(20)8-7-9-21(22)25-17(5)15(3)23(13)27(25)28(24)26/h10-11,13-14,19-28H,3-9,12H2,1-2H3. The molecule has 0 saturated heterocycles. The van der Waals surface area contributed by atoms with Crippen molar-refractivity contribution >= 4 is 0 Å². The Labute approximate surface area is 171 Å². The summed E-state index contributed by atoms with van der Waals surface area (Å²) in [5.41, 5.74) is 5.70. The van der Waals surface area contributed by atoms with Crippen LogP contribution < -0.4 is 0 Å². The second-order valence-electron chi connectivity index (χ2n) is 11.3. The van der Waals surface area contributed by atoms with Crippen LogP contribution in [0.5, 0.6) is 0 Å². The summed E-state index contributed by atoms with van der Waals surface area (Å²) < 4.78 is 0. The van der Waals surface area contributed by atoms with Gasteiger partial charge in [-0.3, -0.25) is 0 Å². The Morgan fingerprint density at radius 1 is 0.643 bits per heavy atom. The molecule has 148 valence electrons. The van der Waals surface area contributed by atoms with E-state index in [1.165, 1.54) is 48.0 Å². The van der Waals surface area contributed by atoms with Crippen LogP contribution in [0.3, 0.4) is 0 Å². The highest BCUT2D eigenvalue weighted by Gasteiger charge is 2.66. The Hall–Kier alpha value is -1.30. The quantitative estimate of drug-likeness (QED) is 0.408. The summed E-state index contributed by atoms with van der Waals surface area (Å²) in [4.78, 5) is 0. The molecule has 0 N–H and O–H groups in total. The van der Waals surface area contributed by atoms with Gasteiger partial charge in [0.25, 0.3) is 0 Å². The first-order valence-electron chi connectivity index (χ1n) is 11.9. The van der Waals surface area contributed by atoms with Crippen LogP contribution in [0, 0.1) is 71.0 Å². The number of hydrogen-bond acceptors (Lipinski definition) is 0. The third kappa shape index (κ3) is 1.89. The van der Waals surface area contributed by atoms with Gasteiger partial charge in [-0.2, -0.15) is 0 Å². The predicted octanol–water partition coefficient (Wildman–Crippen LogP) is 6.84. The second kappa shape index (κ2) is 5.65. The highest BCUT2D eigenvalue weighted by Crippen LogP contribution is 2.73. The zero-order valence-corrected chi connectivity index (χ0v) is 17.7. The molecule has 6 aliphatic rings. The fraction of sp³-hybridized carbons (Fsp3) is 0.643. The van der Waals surface area contributed by atoms with Gasteiger partial charge in [-0.15, -0.1) is 0 Å². The molecular formula is C28H36. The smallest absolute Gasteiger partial charge is 0.00964 e. The van der Waals surface area contributed by atoms with Gasteiger partial charge in [-0.25, -0.2) is 0 Å². The third-order valence-electron chi connectivity index (χ3n) is 10.7. The number of allylic oxidation sites excluding steroid dienone is 6. The summed E-state index contributed by atoms with van der Waals surface area (Å²) in [6.45, 7) is 23.6. The van der Waals surface area contributed by atoms with Gasteiger partial charge in [0.05, 0.1) is 0 Å². The first-order chi connectivity index (χ1) is 13.4. The molecule has 0 amide bonds. The fourth-order valence-corrected chi connectivity index (χ4v) is 9.41. The van der Waals surface area contributed by atoms with Gasteiger partial charge in [-0.05, 0) is 113 Å². The molecule has 0 heteroatoms. The molecule has 0 heterocycles. The maximum absolute atomic E-state index is 4.69. The van der Waals surface area contributed by atoms with Gasteiger partial charge < -0.3 is 0 Å². The number of rotatable bonds is 0. The van der Waals surface area contributed by atoms with E-state index >= 15 is 0 Å². The molecule has 0 aromatic carbocycles. The fourth-order valence-electron chi connectivity index (χ4n) is 9.41. The van der Waals surface area contributed by atoms with Gasteiger partial charge in [-0.1, -0.05) is 58.7 Å². The molecule has 12 atom stereocenters. The summed E-state index contributed by atoms with van der Waals surface area (Å²) in [6, 6.07) is 0. The van der Waals surface area contributed by atoms with E-state index in [-0.39, 0.29) is 0 Å². The molecule has 0 aromatic rings. The Morgan fingerprint density at radius 2 is 1.14 bits per heavy atom. The Bertz CT molecular complexity index is 823. The molecule has 6 aliphatic carbocycles. The highest BCUT2D eigenvalue weighted by molar-refractivity contribution is 5.48. The number of hydrogen-bond donors (Lipinski definition) is 0. The van der Waals surface area contributed by atoms with Gasteiger partial charge >= 0.3 is 0 Å². The van der Waals surface area contributed by atoms with Gasteiger partial charge in [0.2, 0.25) is 0 Å². The van der Waals surface area contributed by atoms with Crippen LogP contribution in [0.1, 0.15) is 39.5 Å². The van der Waals surface area contributed by atoms with Crippen LogP contribution in [0.25, 0.3) is 0 Å². The van der Waals surface area contributed by atoms with Crippen LogP contribution in [0.2, 0.25) is 0 Å². The molecule has 5 saturated carbocycles. The van der Waals surface area contributed by atoms with Crippen molar-refractivity contribution in [3.8, 4) is 0 Å². The van der Waals surface area contributed by atoms with Crippen LogP contribution >= 0.6 is 0 Å². The highest BCUT2D eigenvalue weighted by atomic mass is 14.7. The summed E-state index contributed by atoms with van der Waals surface area (Å²) >= 11 is 0. The van der Waals surface area contributed by atoms with Gasteiger partial charge in [0, 0.05) is 0 Å². The third-order valence-corrected chi connectivity index (χ3v) is 10.7. The van der Waals surface area contributed by atoms with Crippen molar-refractivity contribution < 1.29 is 0 Å². The van der Waals surface area contributed by atoms with E-state index in [1.54, 1.807) is 0 Å². The van der Waals surface area contributed by atoms with Crippen LogP contribution in [-0.4, -0.2) is 0 Å². The first kappa shape index (κ1) is 17.5. The lowest BCUT2D eigenvalue weighted by Crippen LogP contribution is -2.52. The van der Waals surface area contributed by atoms with E-state index in [4.69, 9.17) is 6.58 Å². The van der Waals surface area contributed by atoms with Crippen molar-refractivity contribution in [2.24, 2.45) is 71.0 Å². The minimum Gasteiger partial charge on any atom is -0.0953 e. The number of fused-ring (bicyclic) bond motifs is 4. The second-order valence-corrected chi connectivity index (χ2v) is 11.3. The van der Waals surface area contributed by atoms with Gasteiger partial charge in [0.15, 0.2) is 0 Å². The maximum atomic E-state index is 4.69. The minimum absolute atomic E-state index is 0.647. The van der Waals surface area contributed by atoms with Crippen LogP contribution in [0.4, 0.5) is 0 Å². The normalized spacial score (nSPS) is 56.5. The van der Waals surface area contributed by atoms with Gasteiger partial charge in [0.1, 0.15) is 0 Å². The molecule has 0 bridgehead atoms. The monoisotopic (exact) mass is 372 g/mol. The lowest BCUT2D eigenvalue weighted by molar-refractivity contribution is -0.0717. The lowest BCUT2D eigenvalue weighted by atomic mass is 9.47. The van der Waals surface area contributed by atoms with E-state index in [9.17, 15) is 0 Å². The van der Waals surface area contributed by atoms with E-state index < -0.39 is 0 Å². The molecule has 28 heavy (non-hydrogen) atoms. The molecule has 12 unspecified atom stereocenters. The maximum Gasteiger partial charge on any atom is -0.00964 e. The minimum atomic E-state index is 0.647. The van der Waals surface area contributed by atoms with Crippen LogP contribution in [0.15, 0.2) is 60.8 Å². The van der Waals surface area contributed by atoms with Crippen molar-refractivity contribution in [3.05, 3.63) is 60.8 Å². The molecule has 0 aliphatic heterocycles. The average Bonchev–Trinajstić information content (AvgIpc) is 3.06. The van der Waals surface area contributed by atoms with E-state index in [2.05, 4.69) is 45.7 Å². The van der Waals surface area contributed by atoms with Crippen molar-refractivity contribution in [3.63, 3.8) is 0 Å². The average molecular weight is 373 g/mol. The summed E-state index contributed by atoms with van der Waals surface area (Å²) in [6.07, 6.45) is 10.6. The molecule has 0 spiro atoms. The predicted molar refractivity (Wildman–Crippen MR) is 117 cm³/mol. The Balaban J connectivity index is 1.52.